The summed E-state index contributed by atoms with van der Waals surface area (Å²) in [6.45, 7) is 9.85. The molecule has 3 aromatic rings. The van der Waals surface area contributed by atoms with Crippen LogP contribution in [0.5, 0.6) is 11.5 Å². The van der Waals surface area contributed by atoms with Crippen LogP contribution in [0, 0.1) is 0 Å². The molecule has 4 heterocycles. The molecule has 4 aliphatic rings. The molecule has 1 unspecified atom stereocenters. The van der Waals surface area contributed by atoms with Gasteiger partial charge in [0, 0.05) is 69.0 Å². The zero-order valence-electron chi connectivity index (χ0n) is 26.0. The first-order valence-corrected chi connectivity index (χ1v) is 16.4. The number of likely N-dealkylation sites (tertiary alicyclic amines) is 1. The van der Waals surface area contributed by atoms with Crippen LogP contribution in [0.25, 0.3) is 10.9 Å². The standard InChI is InChI=1S/C37H45N5O2/c1-43-35-15-7-6-14-34(35)41-22-20-40(21-23-41)26-30-24-31-27-42(28-44-37(31)36-33(30)13-8-17-38-36)32-12-9-18-39(19-16-32)25-29-10-4-2-3-5-11-29/h2,4-8,10-11,13-15,17,24,32H,3,9,12,16,18-23,25-28H2,1H3. The number of pyridine rings is 1. The zero-order valence-corrected chi connectivity index (χ0v) is 26.0. The van der Waals surface area contributed by atoms with Crippen molar-refractivity contribution in [3.63, 3.8) is 0 Å². The maximum Gasteiger partial charge on any atom is 0.152 e. The predicted molar refractivity (Wildman–Crippen MR) is 178 cm³/mol. The molecular weight excluding hydrogens is 546 g/mol. The second-order valence-corrected chi connectivity index (χ2v) is 12.5. The second kappa shape index (κ2) is 13.6. The molecule has 0 radical (unpaired) electrons. The van der Waals surface area contributed by atoms with E-state index in [1.165, 1.54) is 53.6 Å². The minimum absolute atomic E-state index is 0.539. The molecule has 0 spiro atoms. The third-order valence-electron chi connectivity index (χ3n) is 9.71. The lowest BCUT2D eigenvalue weighted by atomic mass is 9.99. The summed E-state index contributed by atoms with van der Waals surface area (Å²) in [7, 11) is 1.76. The van der Waals surface area contributed by atoms with E-state index in [0.717, 1.165) is 75.8 Å². The summed E-state index contributed by atoms with van der Waals surface area (Å²) in [5.41, 5.74) is 6.26. The zero-order chi connectivity index (χ0) is 29.7. The van der Waals surface area contributed by atoms with Gasteiger partial charge in [-0.05, 0) is 74.2 Å². The average Bonchev–Trinajstić information content (AvgIpc) is 3.48. The second-order valence-electron chi connectivity index (χ2n) is 12.5. The molecule has 0 saturated carbocycles. The van der Waals surface area contributed by atoms with E-state index >= 15 is 0 Å². The molecule has 7 nitrogen and oxygen atoms in total. The summed E-state index contributed by atoms with van der Waals surface area (Å²) in [5, 5.41) is 1.22. The number of hydrogen-bond acceptors (Lipinski definition) is 7. The highest BCUT2D eigenvalue weighted by atomic mass is 16.5. The van der Waals surface area contributed by atoms with Crippen molar-refractivity contribution < 1.29 is 9.47 Å². The Morgan fingerprint density at radius 1 is 0.932 bits per heavy atom. The molecule has 0 amide bonds. The van der Waals surface area contributed by atoms with Crippen molar-refractivity contribution in [1.82, 2.24) is 19.7 Å². The molecule has 2 saturated heterocycles. The summed E-state index contributed by atoms with van der Waals surface area (Å²) >= 11 is 0. The van der Waals surface area contributed by atoms with Crippen molar-refractivity contribution in [2.45, 2.75) is 44.8 Å². The van der Waals surface area contributed by atoms with Gasteiger partial charge in [0.25, 0.3) is 0 Å². The number of piperazine rings is 1. The lowest BCUT2D eigenvalue weighted by Crippen LogP contribution is -2.46. The Bertz CT molecular complexity index is 1540. The number of rotatable bonds is 7. The number of anilines is 1. The molecule has 2 aromatic carbocycles. The number of methoxy groups -OCH3 is 1. The van der Waals surface area contributed by atoms with E-state index in [2.05, 4.69) is 86.4 Å². The summed E-state index contributed by atoms with van der Waals surface area (Å²) in [5.74, 6) is 1.93. The largest absolute Gasteiger partial charge is 0.495 e. The summed E-state index contributed by atoms with van der Waals surface area (Å²) in [6.07, 6.45) is 17.8. The van der Waals surface area contributed by atoms with Crippen molar-refractivity contribution in [1.29, 1.82) is 0 Å². The van der Waals surface area contributed by atoms with Gasteiger partial charge >= 0.3 is 0 Å². The van der Waals surface area contributed by atoms with Crippen molar-refractivity contribution in [3.05, 3.63) is 95.7 Å². The Morgan fingerprint density at radius 2 is 1.82 bits per heavy atom. The Hall–Kier alpha value is -3.65. The van der Waals surface area contributed by atoms with Crippen molar-refractivity contribution in [2.75, 3.05) is 64.6 Å². The van der Waals surface area contributed by atoms with Gasteiger partial charge in [-0.2, -0.15) is 0 Å². The van der Waals surface area contributed by atoms with Crippen LogP contribution in [-0.4, -0.2) is 85.4 Å². The summed E-state index contributed by atoms with van der Waals surface area (Å²) < 4.78 is 12.2. The average molecular weight is 592 g/mol. The van der Waals surface area contributed by atoms with E-state index in [-0.39, 0.29) is 0 Å². The van der Waals surface area contributed by atoms with E-state index in [9.17, 15) is 0 Å². The minimum Gasteiger partial charge on any atom is -0.495 e. The van der Waals surface area contributed by atoms with Crippen LogP contribution < -0.4 is 14.4 Å². The molecule has 2 fully saturated rings. The summed E-state index contributed by atoms with van der Waals surface area (Å²) in [6, 6.07) is 15.6. The van der Waals surface area contributed by atoms with Crippen molar-refractivity contribution >= 4 is 16.6 Å². The molecule has 7 rings (SSSR count). The van der Waals surface area contributed by atoms with Crippen LogP contribution in [-0.2, 0) is 13.1 Å². The van der Waals surface area contributed by atoms with E-state index in [1.807, 2.05) is 12.3 Å². The first-order valence-electron chi connectivity index (χ1n) is 16.4. The minimum atomic E-state index is 0.539. The number of aromatic nitrogens is 1. The molecule has 0 bridgehead atoms. The van der Waals surface area contributed by atoms with Crippen LogP contribution in [0.3, 0.4) is 0 Å². The van der Waals surface area contributed by atoms with E-state index in [0.29, 0.717) is 12.8 Å². The topological polar surface area (TPSA) is 44.3 Å². The molecular formula is C37H45N5O2. The maximum absolute atomic E-state index is 6.53. The van der Waals surface area contributed by atoms with Gasteiger partial charge < -0.3 is 14.4 Å². The van der Waals surface area contributed by atoms with Gasteiger partial charge in [-0.15, -0.1) is 0 Å². The lowest BCUT2D eigenvalue weighted by Gasteiger charge is -2.37. The smallest absolute Gasteiger partial charge is 0.152 e. The third kappa shape index (κ3) is 6.41. The normalized spacial score (nSPS) is 21.8. The number of allylic oxidation sites excluding steroid dienone is 4. The molecule has 230 valence electrons. The first kappa shape index (κ1) is 29.1. The lowest BCUT2D eigenvalue weighted by molar-refractivity contribution is 0.0505. The van der Waals surface area contributed by atoms with Crippen LogP contribution in [0.1, 0.15) is 36.8 Å². The molecule has 3 aliphatic heterocycles. The van der Waals surface area contributed by atoms with E-state index in [1.54, 1.807) is 7.11 Å². The molecule has 7 heteroatoms. The Morgan fingerprint density at radius 3 is 2.73 bits per heavy atom. The number of ether oxygens (including phenoxy) is 2. The Labute approximate surface area is 262 Å². The molecule has 1 aromatic heterocycles. The fourth-order valence-corrected chi connectivity index (χ4v) is 7.33. The summed E-state index contributed by atoms with van der Waals surface area (Å²) in [4.78, 5) is 15.1. The maximum atomic E-state index is 6.53. The number of fused-ring (bicyclic) bond motifs is 3. The Balaban J connectivity index is 1.03. The number of para-hydroxylation sites is 2. The van der Waals surface area contributed by atoms with Gasteiger partial charge in [0.2, 0.25) is 0 Å². The van der Waals surface area contributed by atoms with Gasteiger partial charge in [0.1, 0.15) is 18.0 Å². The first-order chi connectivity index (χ1) is 21.7. The third-order valence-corrected chi connectivity index (χ3v) is 9.71. The van der Waals surface area contributed by atoms with Gasteiger partial charge in [-0.3, -0.25) is 19.7 Å². The van der Waals surface area contributed by atoms with Crippen molar-refractivity contribution in [3.8, 4) is 11.5 Å². The molecule has 44 heavy (non-hydrogen) atoms. The fourth-order valence-electron chi connectivity index (χ4n) is 7.33. The molecule has 0 N–H and O–H groups in total. The Kier molecular flexibility index (Phi) is 8.96. The highest BCUT2D eigenvalue weighted by molar-refractivity contribution is 5.89. The monoisotopic (exact) mass is 591 g/mol. The number of hydrogen-bond donors (Lipinski definition) is 0. The van der Waals surface area contributed by atoms with Crippen molar-refractivity contribution in [2.24, 2.45) is 0 Å². The fraction of sp³-hybridized carbons (Fsp3) is 0.432. The predicted octanol–water partition coefficient (Wildman–Crippen LogP) is 6.01. The van der Waals surface area contributed by atoms with Crippen LogP contribution in [0.4, 0.5) is 5.69 Å². The highest BCUT2D eigenvalue weighted by Crippen LogP contribution is 2.37. The quantitative estimate of drug-likeness (QED) is 0.333. The SMILES string of the molecule is COc1ccccc1N1CCN(Cc2cc3c(c4ncccc24)OCN(C2CCCN(CC4=CC=CCC=C4)CC2)C3)CC1. The number of benzene rings is 2. The van der Waals surface area contributed by atoms with E-state index < -0.39 is 0 Å². The van der Waals surface area contributed by atoms with Gasteiger partial charge in [-0.1, -0.05) is 48.6 Å². The van der Waals surface area contributed by atoms with Crippen LogP contribution >= 0.6 is 0 Å². The van der Waals surface area contributed by atoms with Gasteiger partial charge in [0.05, 0.1) is 12.8 Å². The molecule has 1 atom stereocenters. The highest BCUT2D eigenvalue weighted by Gasteiger charge is 2.29. The van der Waals surface area contributed by atoms with Gasteiger partial charge in [0.15, 0.2) is 5.75 Å². The van der Waals surface area contributed by atoms with Gasteiger partial charge in [-0.25, -0.2) is 0 Å². The van der Waals surface area contributed by atoms with E-state index in [4.69, 9.17) is 14.5 Å². The van der Waals surface area contributed by atoms with Crippen LogP contribution in [0.15, 0.2) is 84.6 Å². The molecule has 1 aliphatic carbocycles. The van der Waals surface area contributed by atoms with Crippen LogP contribution in [0.2, 0.25) is 0 Å². The number of nitrogens with zero attached hydrogens (tertiary/aromatic N) is 5.